The van der Waals surface area contributed by atoms with Crippen LogP contribution in [0.1, 0.15) is 133 Å². The molecule has 14 nitrogen and oxygen atoms in total. The number of aromatic nitrogens is 3. The van der Waals surface area contributed by atoms with E-state index in [0.717, 1.165) is 31.7 Å². The second kappa shape index (κ2) is 19.6. The fourth-order valence-corrected chi connectivity index (χ4v) is 8.49. The highest BCUT2D eigenvalue weighted by molar-refractivity contribution is 7.47. The number of unbranched alkanes of at least 4 members (excludes halogenated alkanes) is 14. The van der Waals surface area contributed by atoms with E-state index in [0.29, 0.717) is 17.5 Å². The van der Waals surface area contributed by atoms with E-state index >= 15 is 0 Å². The highest BCUT2D eigenvalue weighted by atomic mass is 31.2. The number of nitrogen functional groups attached to an aromatic ring is 1. The minimum Gasteiger partial charge on any atom is -0.387 e. The number of nitrogens with zero attached hydrogens (tertiary/aromatic N) is 5. The molecule has 300 valence electrons. The number of nitriles is 2. The van der Waals surface area contributed by atoms with Gasteiger partial charge in [-0.1, -0.05) is 103 Å². The lowest BCUT2D eigenvalue weighted by Crippen LogP contribution is -2.35. The number of halogens is 1. The van der Waals surface area contributed by atoms with Crippen molar-refractivity contribution in [3.8, 4) is 12.1 Å². The lowest BCUT2D eigenvalue weighted by molar-refractivity contribution is -0.0769. The van der Waals surface area contributed by atoms with Crippen LogP contribution in [-0.2, 0) is 29.7 Å². The number of ether oxygens (including phenoxy) is 2. The summed E-state index contributed by atoms with van der Waals surface area (Å²) in [6.45, 7) is 1.75. The van der Waals surface area contributed by atoms with E-state index in [2.05, 4.69) is 17.0 Å². The standard InChI is InChI=1S/C39H54FN6O8P/c1-2-3-4-5-6-7-8-9-10-11-12-13-14-15-16-17-31(51-24-29-20-28(23-41)21-30(40)22-29)25-52-55(49,50)54-37-38(26-42)39(37,48)35(47)34(53-38)32-18-19-33-36(43)44-27-45-46(32)33/h18-22,27,31,34-35,37,47-48H,2-17,24-25H2,1H3,(H,49,50)(H2,43,44,45)/t31-,34+,35-,37+,38+,39+/m0/s1. The van der Waals surface area contributed by atoms with Gasteiger partial charge in [0.2, 0.25) is 5.60 Å². The van der Waals surface area contributed by atoms with Crippen LogP contribution in [0.3, 0.4) is 0 Å². The fraction of sp³-hybridized carbons (Fsp3) is 0.641. The molecule has 2 fully saturated rings. The molecule has 2 aromatic heterocycles. The van der Waals surface area contributed by atoms with E-state index in [4.69, 9.17) is 24.3 Å². The van der Waals surface area contributed by atoms with Crippen LogP contribution in [0.5, 0.6) is 0 Å². The second-order valence-corrected chi connectivity index (χ2v) is 16.1. The number of aliphatic hydroxyl groups excluding tert-OH is 1. The van der Waals surface area contributed by atoms with E-state index < -0.39 is 55.9 Å². The number of benzene rings is 1. The highest BCUT2D eigenvalue weighted by Crippen LogP contribution is 2.68. The molecule has 0 radical (unpaired) electrons. The Kier molecular flexibility index (Phi) is 15.2. The summed E-state index contributed by atoms with van der Waals surface area (Å²) < 4.78 is 51.1. The number of nitrogens with two attached hydrogens (primary N) is 1. The lowest BCUT2D eigenvalue weighted by atomic mass is 10.0. The summed E-state index contributed by atoms with van der Waals surface area (Å²) in [6, 6.07) is 10.7. The molecule has 0 spiro atoms. The average Bonchev–Trinajstić information content (AvgIpc) is 3.39. The maximum Gasteiger partial charge on any atom is 0.472 e. The van der Waals surface area contributed by atoms with Crippen LogP contribution in [0.25, 0.3) is 5.52 Å². The van der Waals surface area contributed by atoms with Crippen LogP contribution in [0.4, 0.5) is 10.2 Å². The van der Waals surface area contributed by atoms with Crippen molar-refractivity contribution in [3.05, 3.63) is 59.3 Å². The SMILES string of the molecule is CCCCCCCCCCCCCCCCC[C@@H](COP(=O)(O)O[C@H]1[C@]2(O)[C@@H](O)[C@@H](c3ccc4c(N)ncnn34)O[C@]12C#N)OCc1cc(F)cc(C#N)c1. The zero-order chi connectivity index (χ0) is 39.5. The van der Waals surface area contributed by atoms with Gasteiger partial charge in [-0.15, -0.1) is 0 Å². The number of phosphoric acid groups is 1. The molecule has 16 heteroatoms. The molecule has 1 saturated heterocycles. The van der Waals surface area contributed by atoms with Gasteiger partial charge in [0.15, 0.2) is 17.5 Å². The number of anilines is 1. The molecule has 1 saturated carbocycles. The van der Waals surface area contributed by atoms with Crippen LogP contribution < -0.4 is 5.73 Å². The van der Waals surface area contributed by atoms with E-state index in [9.17, 15) is 34.6 Å². The molecule has 5 rings (SSSR count). The molecule has 1 unspecified atom stereocenters. The summed E-state index contributed by atoms with van der Waals surface area (Å²) in [5.74, 6) is -0.424. The van der Waals surface area contributed by atoms with Crippen molar-refractivity contribution >= 4 is 19.2 Å². The van der Waals surface area contributed by atoms with Gasteiger partial charge in [-0.2, -0.15) is 15.6 Å². The number of rotatable bonds is 25. The van der Waals surface area contributed by atoms with Gasteiger partial charge in [0.1, 0.15) is 35.9 Å². The van der Waals surface area contributed by atoms with Crippen molar-refractivity contribution in [2.45, 2.75) is 152 Å². The normalized spacial score (nSPS) is 24.6. The molecule has 3 aromatic rings. The number of hydrogen-bond donors (Lipinski definition) is 4. The summed E-state index contributed by atoms with van der Waals surface area (Å²) in [7, 11) is -4.96. The van der Waals surface area contributed by atoms with Crippen molar-refractivity contribution < 1.29 is 42.6 Å². The van der Waals surface area contributed by atoms with E-state index in [1.54, 1.807) is 12.1 Å². The maximum atomic E-state index is 14.1. The van der Waals surface area contributed by atoms with Crippen molar-refractivity contribution in [2.24, 2.45) is 0 Å². The van der Waals surface area contributed by atoms with E-state index in [1.165, 1.54) is 93.6 Å². The Balaban J connectivity index is 1.10. The molecule has 0 amide bonds. The number of aliphatic hydroxyl groups is 2. The molecule has 1 aliphatic carbocycles. The van der Waals surface area contributed by atoms with Crippen molar-refractivity contribution in [1.82, 2.24) is 14.6 Å². The first-order valence-corrected chi connectivity index (χ1v) is 21.0. The lowest BCUT2D eigenvalue weighted by Gasteiger charge is -2.24. The third kappa shape index (κ3) is 10.3. The first-order chi connectivity index (χ1) is 26.5. The summed E-state index contributed by atoms with van der Waals surface area (Å²) in [5, 5.41) is 46.0. The monoisotopic (exact) mass is 784 g/mol. The number of fused-ring (bicyclic) bond motifs is 2. The zero-order valence-corrected chi connectivity index (χ0v) is 32.4. The minimum absolute atomic E-state index is 0.0812. The van der Waals surface area contributed by atoms with Crippen molar-refractivity contribution in [1.29, 1.82) is 10.5 Å². The third-order valence-corrected chi connectivity index (χ3v) is 11.6. The maximum absolute atomic E-state index is 14.1. The Bertz CT molecular complexity index is 1850. The van der Waals surface area contributed by atoms with Gasteiger partial charge in [-0.3, -0.25) is 9.05 Å². The van der Waals surface area contributed by atoms with E-state index in [1.807, 2.05) is 12.1 Å². The van der Waals surface area contributed by atoms with Crippen LogP contribution in [0.15, 0.2) is 36.7 Å². The predicted octanol–water partition coefficient (Wildman–Crippen LogP) is 7.11. The van der Waals surface area contributed by atoms with Crippen molar-refractivity contribution in [2.75, 3.05) is 12.3 Å². The molecule has 1 aromatic carbocycles. The molecule has 2 aliphatic rings. The second-order valence-electron chi connectivity index (χ2n) is 14.7. The quantitative estimate of drug-likeness (QED) is 0.0498. The van der Waals surface area contributed by atoms with Gasteiger partial charge in [0.25, 0.3) is 0 Å². The zero-order valence-electron chi connectivity index (χ0n) is 31.5. The molecular formula is C39H54FN6O8P. The van der Waals surface area contributed by atoms with Crippen molar-refractivity contribution in [3.63, 3.8) is 0 Å². The van der Waals surface area contributed by atoms with Gasteiger partial charge in [0, 0.05) is 0 Å². The summed E-state index contributed by atoms with van der Waals surface area (Å²) in [5.41, 5.74) is 2.59. The molecule has 5 N–H and O–H groups in total. The first kappa shape index (κ1) is 42.6. The topological polar surface area (TPSA) is 218 Å². The molecule has 1 aliphatic heterocycles. The number of phosphoric ester groups is 1. The predicted molar refractivity (Wildman–Crippen MR) is 200 cm³/mol. The molecule has 7 atom stereocenters. The Hall–Kier alpha value is -3.50. The van der Waals surface area contributed by atoms with Gasteiger partial charge in [0.05, 0.1) is 36.6 Å². The Labute approximate surface area is 322 Å². The summed E-state index contributed by atoms with van der Waals surface area (Å²) in [4.78, 5) is 14.6. The third-order valence-electron chi connectivity index (χ3n) is 10.7. The summed E-state index contributed by atoms with van der Waals surface area (Å²) in [6.07, 6.45) is 14.2. The average molecular weight is 785 g/mol. The molecule has 0 bridgehead atoms. The van der Waals surface area contributed by atoms with Crippen LogP contribution in [0, 0.1) is 28.5 Å². The highest BCUT2D eigenvalue weighted by Gasteiger charge is 2.90. The Morgan fingerprint density at radius 2 is 1.65 bits per heavy atom. The first-order valence-electron chi connectivity index (χ1n) is 19.5. The van der Waals surface area contributed by atoms with Crippen LogP contribution >= 0.6 is 7.82 Å². The molecule has 3 heterocycles. The minimum atomic E-state index is -4.96. The van der Waals surface area contributed by atoms with Gasteiger partial charge in [-0.25, -0.2) is 18.5 Å². The smallest absolute Gasteiger partial charge is 0.387 e. The molecular weight excluding hydrogens is 730 g/mol. The fourth-order valence-electron chi connectivity index (χ4n) is 7.50. The van der Waals surface area contributed by atoms with Gasteiger partial charge < -0.3 is 30.3 Å². The Morgan fingerprint density at radius 1 is 1.02 bits per heavy atom. The summed E-state index contributed by atoms with van der Waals surface area (Å²) >= 11 is 0. The largest absolute Gasteiger partial charge is 0.472 e. The molecule has 55 heavy (non-hydrogen) atoms. The van der Waals surface area contributed by atoms with Gasteiger partial charge >= 0.3 is 7.82 Å². The van der Waals surface area contributed by atoms with E-state index in [-0.39, 0.29) is 23.7 Å². The number of hydrogen-bond acceptors (Lipinski definition) is 12. The Morgan fingerprint density at radius 3 is 2.25 bits per heavy atom. The van der Waals surface area contributed by atoms with Crippen LogP contribution in [-0.4, -0.2) is 65.8 Å². The van der Waals surface area contributed by atoms with Crippen LogP contribution in [0.2, 0.25) is 0 Å². The van der Waals surface area contributed by atoms with Gasteiger partial charge in [-0.05, 0) is 42.3 Å².